The molecule has 1 unspecified atom stereocenters. The third-order valence-electron chi connectivity index (χ3n) is 5.96. The van der Waals surface area contributed by atoms with E-state index in [1.165, 1.54) is 12.8 Å². The quantitative estimate of drug-likeness (QED) is 0.329. The lowest BCUT2D eigenvalue weighted by Gasteiger charge is -2.15. The summed E-state index contributed by atoms with van der Waals surface area (Å²) in [5, 5.41) is 17.8. The lowest BCUT2D eigenvalue weighted by molar-refractivity contribution is 0.249. The SMILES string of the molecule is O=C(NCCN1CCCC1)Nc1ccc(-c2nc(NCCO)cc(C3(S(=O)O)CC3)n2)cc1. The molecule has 5 N–H and O–H groups in total. The van der Waals surface area contributed by atoms with Crippen LogP contribution in [-0.2, 0) is 15.8 Å². The number of anilines is 2. The molecule has 11 heteroatoms. The third kappa shape index (κ3) is 5.85. The standard InChI is InChI=1S/C22H30N6O4S/c29-14-10-23-19-15-18(22(7-8-22)33(31)32)26-20(27-19)16-3-5-17(6-4-16)25-21(30)24-9-13-28-11-1-2-12-28/h3-6,15,29H,1-2,7-14H2,(H,31,32)(H,23,26,27)(H2,24,25,30). The van der Waals surface area contributed by atoms with Crippen molar-refractivity contribution in [3.05, 3.63) is 36.0 Å². The molecule has 4 rings (SSSR count). The van der Waals surface area contributed by atoms with Crippen molar-refractivity contribution in [3.8, 4) is 11.4 Å². The molecule has 1 aromatic carbocycles. The first-order chi connectivity index (χ1) is 16.0. The van der Waals surface area contributed by atoms with E-state index in [4.69, 9.17) is 5.11 Å². The predicted molar refractivity (Wildman–Crippen MR) is 127 cm³/mol. The second kappa shape index (κ2) is 10.6. The summed E-state index contributed by atoms with van der Waals surface area (Å²) in [7, 11) is 0. The van der Waals surface area contributed by atoms with Crippen molar-refractivity contribution < 1.29 is 18.7 Å². The Balaban J connectivity index is 1.43. The maximum Gasteiger partial charge on any atom is 0.319 e. The highest BCUT2D eigenvalue weighted by Crippen LogP contribution is 2.50. The Hall–Kier alpha value is -2.60. The fourth-order valence-electron chi connectivity index (χ4n) is 3.93. The van der Waals surface area contributed by atoms with Gasteiger partial charge in [-0.1, -0.05) is 0 Å². The summed E-state index contributed by atoms with van der Waals surface area (Å²) in [5.74, 6) is 0.895. The van der Waals surface area contributed by atoms with Crippen LogP contribution in [0, 0.1) is 0 Å². The van der Waals surface area contributed by atoms with Gasteiger partial charge in [0, 0.05) is 37.0 Å². The van der Waals surface area contributed by atoms with E-state index in [0.29, 0.717) is 54.5 Å². The van der Waals surface area contributed by atoms with Crippen LogP contribution in [0.1, 0.15) is 31.4 Å². The van der Waals surface area contributed by atoms with Crippen molar-refractivity contribution in [2.75, 3.05) is 50.0 Å². The summed E-state index contributed by atoms with van der Waals surface area (Å²) >= 11 is -2.03. The Morgan fingerprint density at radius 2 is 1.85 bits per heavy atom. The molecule has 0 bridgehead atoms. The van der Waals surface area contributed by atoms with Gasteiger partial charge in [-0.25, -0.2) is 19.0 Å². The molecule has 10 nitrogen and oxygen atoms in total. The molecular formula is C22H30N6O4S. The lowest BCUT2D eigenvalue weighted by Crippen LogP contribution is -2.35. The van der Waals surface area contributed by atoms with Crippen molar-refractivity contribution in [3.63, 3.8) is 0 Å². The van der Waals surface area contributed by atoms with Gasteiger partial charge in [-0.3, -0.25) is 0 Å². The summed E-state index contributed by atoms with van der Waals surface area (Å²) in [6.45, 7) is 3.89. The number of carbonyl (C=O) groups excluding carboxylic acids is 1. The summed E-state index contributed by atoms with van der Waals surface area (Å²) in [6, 6.07) is 8.54. The Kier molecular flexibility index (Phi) is 7.53. The van der Waals surface area contributed by atoms with Gasteiger partial charge in [0.15, 0.2) is 16.9 Å². The minimum absolute atomic E-state index is 0.0633. The van der Waals surface area contributed by atoms with Gasteiger partial charge in [0.25, 0.3) is 0 Å². The summed E-state index contributed by atoms with van der Waals surface area (Å²) in [6.07, 6.45) is 3.62. The number of benzene rings is 1. The molecule has 1 aliphatic carbocycles. The first-order valence-corrected chi connectivity index (χ1v) is 12.3. The highest BCUT2D eigenvalue weighted by molar-refractivity contribution is 7.80. The molecule has 33 heavy (non-hydrogen) atoms. The number of aliphatic hydroxyl groups excluding tert-OH is 1. The molecule has 0 spiro atoms. The molecule has 2 heterocycles. The first-order valence-electron chi connectivity index (χ1n) is 11.2. The highest BCUT2D eigenvalue weighted by atomic mass is 32.2. The van der Waals surface area contributed by atoms with Gasteiger partial charge in [0.05, 0.1) is 12.3 Å². The number of likely N-dealkylation sites (tertiary alicyclic amines) is 1. The molecule has 178 valence electrons. The van der Waals surface area contributed by atoms with Crippen molar-refractivity contribution in [2.45, 2.75) is 30.4 Å². The van der Waals surface area contributed by atoms with Crippen LogP contribution in [0.15, 0.2) is 30.3 Å². The molecule has 1 saturated carbocycles. The van der Waals surface area contributed by atoms with Crippen LogP contribution >= 0.6 is 0 Å². The van der Waals surface area contributed by atoms with Gasteiger partial charge in [-0.15, -0.1) is 0 Å². The molecule has 2 fully saturated rings. The Morgan fingerprint density at radius 3 is 2.48 bits per heavy atom. The minimum Gasteiger partial charge on any atom is -0.395 e. The number of rotatable bonds is 10. The molecule has 2 aromatic rings. The maximum atomic E-state index is 12.2. The van der Waals surface area contributed by atoms with Crippen molar-refractivity contribution in [2.24, 2.45) is 0 Å². The summed E-state index contributed by atoms with van der Waals surface area (Å²) in [4.78, 5) is 23.6. The van der Waals surface area contributed by atoms with Crippen LogP contribution in [0.4, 0.5) is 16.3 Å². The molecule has 1 saturated heterocycles. The zero-order valence-corrected chi connectivity index (χ0v) is 19.2. The van der Waals surface area contributed by atoms with Gasteiger partial charge in [-0.2, -0.15) is 0 Å². The average molecular weight is 475 g/mol. The van der Waals surface area contributed by atoms with E-state index in [1.54, 1.807) is 30.3 Å². The van der Waals surface area contributed by atoms with E-state index in [1.807, 2.05) is 0 Å². The average Bonchev–Trinajstić information content (AvgIpc) is 3.48. The van der Waals surface area contributed by atoms with E-state index in [-0.39, 0.29) is 12.6 Å². The van der Waals surface area contributed by atoms with Crippen LogP contribution in [0.5, 0.6) is 0 Å². The number of aliphatic hydroxyl groups is 1. The first kappa shape index (κ1) is 23.6. The lowest BCUT2D eigenvalue weighted by atomic mass is 10.1. The van der Waals surface area contributed by atoms with E-state index in [0.717, 1.165) is 19.6 Å². The smallest absolute Gasteiger partial charge is 0.319 e. The van der Waals surface area contributed by atoms with Crippen molar-refractivity contribution in [1.82, 2.24) is 20.2 Å². The van der Waals surface area contributed by atoms with Crippen LogP contribution in [-0.4, -0.2) is 74.1 Å². The van der Waals surface area contributed by atoms with Crippen LogP contribution in [0.3, 0.4) is 0 Å². The van der Waals surface area contributed by atoms with Crippen molar-refractivity contribution in [1.29, 1.82) is 0 Å². The Labute approximate surface area is 195 Å². The highest BCUT2D eigenvalue weighted by Gasteiger charge is 2.52. The molecule has 1 aromatic heterocycles. The molecule has 2 aliphatic rings. The van der Waals surface area contributed by atoms with E-state index in [2.05, 4.69) is 30.8 Å². The van der Waals surface area contributed by atoms with E-state index >= 15 is 0 Å². The van der Waals surface area contributed by atoms with Gasteiger partial charge in [0.2, 0.25) is 0 Å². The summed E-state index contributed by atoms with van der Waals surface area (Å²) in [5.41, 5.74) is 1.86. The largest absolute Gasteiger partial charge is 0.395 e. The number of nitrogens with one attached hydrogen (secondary N) is 3. The number of aromatic nitrogens is 2. The monoisotopic (exact) mass is 474 g/mol. The number of hydrogen-bond donors (Lipinski definition) is 5. The molecule has 1 aliphatic heterocycles. The number of urea groups is 1. The second-order valence-corrected chi connectivity index (χ2v) is 9.64. The number of carbonyl (C=O) groups is 1. The van der Waals surface area contributed by atoms with Gasteiger partial charge >= 0.3 is 6.03 Å². The molecule has 2 amide bonds. The van der Waals surface area contributed by atoms with Gasteiger partial charge in [0.1, 0.15) is 10.6 Å². The topological polar surface area (TPSA) is 140 Å². The van der Waals surface area contributed by atoms with Crippen LogP contribution in [0.2, 0.25) is 0 Å². The van der Waals surface area contributed by atoms with Gasteiger partial charge in [-0.05, 0) is 63.0 Å². The number of amides is 2. The second-order valence-electron chi connectivity index (χ2n) is 8.36. The maximum absolute atomic E-state index is 12.2. The molecular weight excluding hydrogens is 444 g/mol. The third-order valence-corrected chi connectivity index (χ3v) is 7.25. The van der Waals surface area contributed by atoms with E-state index < -0.39 is 15.8 Å². The molecule has 0 radical (unpaired) electrons. The van der Waals surface area contributed by atoms with Gasteiger partial charge < -0.3 is 30.5 Å². The predicted octanol–water partition coefficient (Wildman–Crippen LogP) is 1.98. The fraction of sp³-hybridized carbons (Fsp3) is 0.500. The fourth-order valence-corrected chi connectivity index (χ4v) is 4.66. The minimum atomic E-state index is -2.03. The van der Waals surface area contributed by atoms with Crippen LogP contribution < -0.4 is 16.0 Å². The normalized spacial score (nSPS) is 18.0. The summed E-state index contributed by atoms with van der Waals surface area (Å²) < 4.78 is 20.8. The number of hydrogen-bond acceptors (Lipinski definition) is 7. The molecule has 1 atom stereocenters. The zero-order chi connectivity index (χ0) is 23.3. The zero-order valence-electron chi connectivity index (χ0n) is 18.4. The van der Waals surface area contributed by atoms with Crippen molar-refractivity contribution >= 4 is 28.6 Å². The van der Waals surface area contributed by atoms with Crippen LogP contribution in [0.25, 0.3) is 11.4 Å². The Morgan fingerprint density at radius 1 is 1.12 bits per heavy atom. The number of nitrogens with zero attached hydrogens (tertiary/aromatic N) is 3. The van der Waals surface area contributed by atoms with E-state index in [9.17, 15) is 13.6 Å². The Bertz CT molecular complexity index is 993.